The molecule has 1 aromatic heterocycles. The van der Waals surface area contributed by atoms with E-state index in [0.29, 0.717) is 31.5 Å². The molecule has 0 radical (unpaired) electrons. The Balaban J connectivity index is 2.00. The van der Waals surface area contributed by atoms with E-state index in [0.717, 1.165) is 6.54 Å². The van der Waals surface area contributed by atoms with Gasteiger partial charge >= 0.3 is 0 Å². The van der Waals surface area contributed by atoms with Crippen LogP contribution in [0.1, 0.15) is 30.7 Å². The highest BCUT2D eigenvalue weighted by atomic mass is 32.2. The molecule has 0 unspecified atom stereocenters. The molecule has 1 fully saturated rings. The number of sulfonamides is 1. The van der Waals surface area contributed by atoms with Crippen molar-refractivity contribution in [3.05, 3.63) is 11.5 Å². The van der Waals surface area contributed by atoms with E-state index in [-0.39, 0.29) is 28.6 Å². The van der Waals surface area contributed by atoms with Gasteiger partial charge < -0.3 is 19.5 Å². The number of amides is 1. The van der Waals surface area contributed by atoms with E-state index in [2.05, 4.69) is 15.2 Å². The predicted octanol–water partition coefficient (Wildman–Crippen LogP) is 0.431. The third kappa shape index (κ3) is 5.50. The van der Waals surface area contributed by atoms with E-state index in [9.17, 15) is 13.2 Å². The number of carbonyl (C=O) groups is 1. The van der Waals surface area contributed by atoms with E-state index < -0.39 is 16.1 Å². The Kier molecular flexibility index (Phi) is 7.38. The lowest BCUT2D eigenvalue weighted by Gasteiger charge is -2.34. The molecule has 3 atom stereocenters. The molecule has 1 amide bonds. The van der Waals surface area contributed by atoms with Crippen LogP contribution in [0.15, 0.2) is 9.42 Å². The minimum absolute atomic E-state index is 0.00840. The molecule has 0 spiro atoms. The van der Waals surface area contributed by atoms with Gasteiger partial charge in [-0.05, 0) is 47.2 Å². The van der Waals surface area contributed by atoms with Crippen molar-refractivity contribution in [2.45, 2.75) is 50.2 Å². The Hall–Kier alpha value is -1.49. The number of hydrogen-bond donors (Lipinski definition) is 2. The molecule has 1 aliphatic carbocycles. The van der Waals surface area contributed by atoms with E-state index in [1.165, 1.54) is 7.11 Å². The molecule has 154 valence electrons. The summed E-state index contributed by atoms with van der Waals surface area (Å²) >= 11 is 0. The van der Waals surface area contributed by atoms with E-state index in [4.69, 9.17) is 9.26 Å². The van der Waals surface area contributed by atoms with Gasteiger partial charge in [0.15, 0.2) is 5.76 Å². The van der Waals surface area contributed by atoms with Gasteiger partial charge in [0.25, 0.3) is 0 Å². The molecule has 1 saturated carbocycles. The molecule has 0 aliphatic heterocycles. The van der Waals surface area contributed by atoms with Gasteiger partial charge in [-0.15, -0.1) is 0 Å². The second-order valence-corrected chi connectivity index (χ2v) is 8.91. The molecule has 1 aliphatic rings. The van der Waals surface area contributed by atoms with Gasteiger partial charge in [0.2, 0.25) is 15.9 Å². The minimum Gasteiger partial charge on any atom is -0.380 e. The highest BCUT2D eigenvalue weighted by Gasteiger charge is 2.37. The monoisotopic (exact) mass is 402 g/mol. The van der Waals surface area contributed by atoms with Gasteiger partial charge in [0.05, 0.1) is 6.10 Å². The number of nitrogens with zero attached hydrogens (tertiary/aromatic N) is 2. The molecule has 0 saturated heterocycles. The largest absolute Gasteiger partial charge is 0.380 e. The van der Waals surface area contributed by atoms with Crippen LogP contribution < -0.4 is 10.0 Å². The van der Waals surface area contributed by atoms with E-state index in [1.807, 2.05) is 19.0 Å². The lowest BCUT2D eigenvalue weighted by atomic mass is 9.83. The molecule has 0 bridgehead atoms. The van der Waals surface area contributed by atoms with Crippen LogP contribution >= 0.6 is 0 Å². The number of ether oxygens (including phenoxy) is 1. The normalized spacial score (nSPS) is 23.6. The zero-order valence-corrected chi connectivity index (χ0v) is 17.4. The molecule has 2 N–H and O–H groups in total. The quantitative estimate of drug-likeness (QED) is 0.648. The Bertz CT molecular complexity index is 727. The van der Waals surface area contributed by atoms with Crippen LogP contribution in [0, 0.1) is 19.8 Å². The van der Waals surface area contributed by atoms with Crippen LogP contribution in [0.25, 0.3) is 0 Å². The molecule has 2 rings (SSSR count). The molecule has 10 heteroatoms. The van der Waals surface area contributed by atoms with Gasteiger partial charge in [0.1, 0.15) is 10.6 Å². The number of aryl methyl sites for hydroxylation is 2. The van der Waals surface area contributed by atoms with Crippen molar-refractivity contribution in [3.63, 3.8) is 0 Å². The van der Waals surface area contributed by atoms with E-state index in [1.54, 1.807) is 13.8 Å². The van der Waals surface area contributed by atoms with Crippen molar-refractivity contribution in [2.24, 2.45) is 5.92 Å². The summed E-state index contributed by atoms with van der Waals surface area (Å²) in [6.45, 7) is 4.51. The first kappa shape index (κ1) is 21.8. The summed E-state index contributed by atoms with van der Waals surface area (Å²) in [7, 11) is 1.66. The summed E-state index contributed by atoms with van der Waals surface area (Å²) in [6.07, 6.45) is 1.22. The SMILES string of the molecule is CO[C@H]1C[C@@H](C(=O)NCCN(C)C)CC[C@@H]1NS(=O)(=O)c1c(C)noc1C. The van der Waals surface area contributed by atoms with E-state index >= 15 is 0 Å². The standard InChI is InChI=1S/C17H30N4O5S/c1-11-16(12(2)26-19-11)27(23,24)20-14-7-6-13(10-15(14)25-5)17(22)18-8-9-21(3)4/h13-15,20H,6-10H2,1-5H3,(H,18,22)/t13-,14-,15-/m0/s1. The molecule has 9 nitrogen and oxygen atoms in total. The first-order valence-electron chi connectivity index (χ1n) is 9.06. The van der Waals surface area contributed by atoms with Crippen LogP contribution in [0.3, 0.4) is 0 Å². The highest BCUT2D eigenvalue weighted by Crippen LogP contribution is 2.29. The van der Waals surface area contributed by atoms with Crippen molar-refractivity contribution in [1.29, 1.82) is 0 Å². The Morgan fingerprint density at radius 2 is 2.04 bits per heavy atom. The number of nitrogens with one attached hydrogen (secondary N) is 2. The highest BCUT2D eigenvalue weighted by molar-refractivity contribution is 7.89. The van der Waals surface area contributed by atoms with Gasteiger partial charge in [-0.2, -0.15) is 0 Å². The smallest absolute Gasteiger partial charge is 0.246 e. The summed E-state index contributed by atoms with van der Waals surface area (Å²) in [4.78, 5) is 14.4. The summed E-state index contributed by atoms with van der Waals surface area (Å²) in [6, 6.07) is -0.403. The average molecular weight is 403 g/mol. The van der Waals surface area contributed by atoms with Crippen molar-refractivity contribution >= 4 is 15.9 Å². The maximum atomic E-state index is 12.7. The van der Waals surface area contributed by atoms with Gasteiger partial charge in [-0.25, -0.2) is 13.1 Å². The van der Waals surface area contributed by atoms with Crippen molar-refractivity contribution < 1.29 is 22.5 Å². The maximum absolute atomic E-state index is 12.7. The fourth-order valence-electron chi connectivity index (χ4n) is 3.43. The molecular formula is C17H30N4O5S. The number of methoxy groups -OCH3 is 1. The second-order valence-electron chi connectivity index (χ2n) is 7.26. The zero-order chi connectivity index (χ0) is 20.2. The van der Waals surface area contributed by atoms with Crippen molar-refractivity contribution in [2.75, 3.05) is 34.3 Å². The predicted molar refractivity (Wildman–Crippen MR) is 99.8 cm³/mol. The number of hydrogen-bond acceptors (Lipinski definition) is 7. The average Bonchev–Trinajstić information content (AvgIpc) is 2.93. The van der Waals surface area contributed by atoms with Gasteiger partial charge in [0, 0.05) is 32.2 Å². The maximum Gasteiger partial charge on any atom is 0.246 e. The third-order valence-corrected chi connectivity index (χ3v) is 6.60. The third-order valence-electron chi connectivity index (χ3n) is 4.87. The molecule has 1 heterocycles. The minimum atomic E-state index is -3.77. The van der Waals surface area contributed by atoms with Gasteiger partial charge in [-0.1, -0.05) is 5.16 Å². The number of likely N-dealkylation sites (N-methyl/N-ethyl adjacent to an activating group) is 1. The summed E-state index contributed by atoms with van der Waals surface area (Å²) < 4.78 is 38.6. The Labute approximate surface area is 160 Å². The number of rotatable bonds is 8. The summed E-state index contributed by atoms with van der Waals surface area (Å²) in [5, 5.41) is 6.64. The van der Waals surface area contributed by atoms with Crippen molar-refractivity contribution in [3.8, 4) is 0 Å². The number of carbonyl (C=O) groups excluding carboxylic acids is 1. The molecule has 27 heavy (non-hydrogen) atoms. The Morgan fingerprint density at radius 1 is 1.33 bits per heavy atom. The van der Waals surface area contributed by atoms with Crippen LogP contribution in [0.2, 0.25) is 0 Å². The molecular weight excluding hydrogens is 372 g/mol. The zero-order valence-electron chi connectivity index (χ0n) is 16.6. The van der Waals surface area contributed by atoms with Crippen LogP contribution in [0.5, 0.6) is 0 Å². The fraction of sp³-hybridized carbons (Fsp3) is 0.765. The number of aromatic nitrogens is 1. The topological polar surface area (TPSA) is 114 Å². The summed E-state index contributed by atoms with van der Waals surface area (Å²) in [5.74, 6) is 0.0609. The first-order valence-corrected chi connectivity index (χ1v) is 10.5. The van der Waals surface area contributed by atoms with Crippen LogP contribution in [-0.4, -0.2) is 70.8 Å². The summed E-state index contributed by atoms with van der Waals surface area (Å²) in [5.41, 5.74) is 0.322. The fourth-order valence-corrected chi connectivity index (χ4v) is 5.05. The van der Waals surface area contributed by atoms with Gasteiger partial charge in [-0.3, -0.25) is 4.79 Å². The molecule has 1 aromatic rings. The van der Waals surface area contributed by atoms with Crippen LogP contribution in [-0.2, 0) is 19.6 Å². The lowest BCUT2D eigenvalue weighted by Crippen LogP contribution is -2.50. The molecule has 0 aromatic carbocycles. The second kappa shape index (κ2) is 9.13. The van der Waals surface area contributed by atoms with Crippen LogP contribution in [0.4, 0.5) is 0 Å². The van der Waals surface area contributed by atoms with Crippen molar-refractivity contribution in [1.82, 2.24) is 20.1 Å². The first-order chi connectivity index (χ1) is 12.7. The lowest BCUT2D eigenvalue weighted by molar-refractivity contribution is -0.127. The Morgan fingerprint density at radius 3 is 2.59 bits per heavy atom.